The molecule has 0 fully saturated rings. The monoisotopic (exact) mass is 384 g/mol. The third kappa shape index (κ3) is 5.51. The molecule has 3 aromatic rings. The molecule has 0 unspecified atom stereocenters. The number of halogens is 2. The van der Waals surface area contributed by atoms with E-state index >= 15 is 0 Å². The summed E-state index contributed by atoms with van der Waals surface area (Å²) in [6.45, 7) is 1.09. The molecule has 0 atom stereocenters. The molecule has 26 heavy (non-hydrogen) atoms. The van der Waals surface area contributed by atoms with Gasteiger partial charge >= 0.3 is 0 Å². The zero-order chi connectivity index (χ0) is 18.2. The highest BCUT2D eigenvalue weighted by Gasteiger charge is 2.04. The van der Waals surface area contributed by atoms with Crippen LogP contribution >= 0.6 is 23.2 Å². The van der Waals surface area contributed by atoms with E-state index in [0.29, 0.717) is 18.2 Å². The number of hydrogen-bond acceptors (Lipinski definition) is 3. The summed E-state index contributed by atoms with van der Waals surface area (Å²) in [5.74, 6) is 0.732. The lowest BCUT2D eigenvalue weighted by Gasteiger charge is -2.09. The molecule has 0 aliphatic carbocycles. The average molecular weight is 385 g/mol. The summed E-state index contributed by atoms with van der Waals surface area (Å²) in [5, 5.41) is 5.62. The van der Waals surface area contributed by atoms with Gasteiger partial charge < -0.3 is 10.2 Å². The van der Waals surface area contributed by atoms with Crippen LogP contribution in [0.3, 0.4) is 0 Å². The van der Waals surface area contributed by atoms with Crippen LogP contribution in [-0.2, 0) is 13.2 Å². The summed E-state index contributed by atoms with van der Waals surface area (Å²) in [5.41, 5.74) is 6.03. The highest BCUT2D eigenvalue weighted by atomic mass is 35.5. The topological polar surface area (TPSA) is 33.6 Å². The van der Waals surface area contributed by atoms with Crippen LogP contribution in [0.5, 0.6) is 5.75 Å². The third-order valence-corrected chi connectivity index (χ3v) is 4.19. The minimum Gasteiger partial charge on any atom is -0.488 e. The molecule has 0 saturated carbocycles. The number of nitrogens with zero attached hydrogens (tertiary/aromatic N) is 1. The van der Waals surface area contributed by atoms with Crippen molar-refractivity contribution in [3.8, 4) is 5.75 Å². The Morgan fingerprint density at radius 3 is 2.35 bits per heavy atom. The Morgan fingerprint density at radius 2 is 1.58 bits per heavy atom. The lowest BCUT2D eigenvalue weighted by atomic mass is 10.2. The fraction of sp³-hybridized carbons (Fsp3) is 0.0952. The lowest BCUT2D eigenvalue weighted by molar-refractivity contribution is 0.306. The van der Waals surface area contributed by atoms with Crippen molar-refractivity contribution in [1.29, 1.82) is 0 Å². The van der Waals surface area contributed by atoms with Crippen molar-refractivity contribution >= 4 is 29.4 Å². The smallest absolute Gasteiger partial charge is 0.128 e. The van der Waals surface area contributed by atoms with Crippen molar-refractivity contribution in [3.05, 3.63) is 99.5 Å². The van der Waals surface area contributed by atoms with Gasteiger partial charge in [0.15, 0.2) is 0 Å². The van der Waals surface area contributed by atoms with E-state index in [-0.39, 0.29) is 0 Å². The second kappa shape index (κ2) is 9.27. The molecular weight excluding hydrogens is 367 g/mol. The van der Waals surface area contributed by atoms with E-state index in [4.69, 9.17) is 27.9 Å². The van der Waals surface area contributed by atoms with Crippen LogP contribution in [0.1, 0.15) is 16.7 Å². The number of nitrogens with one attached hydrogen (secondary N) is 1. The van der Waals surface area contributed by atoms with Crippen LogP contribution in [0.15, 0.2) is 77.9 Å². The van der Waals surface area contributed by atoms with E-state index in [1.54, 1.807) is 12.3 Å². The molecule has 3 rings (SSSR count). The van der Waals surface area contributed by atoms with Gasteiger partial charge in [-0.2, -0.15) is 5.10 Å². The molecule has 0 aromatic heterocycles. The largest absolute Gasteiger partial charge is 0.488 e. The van der Waals surface area contributed by atoms with E-state index in [2.05, 4.69) is 10.5 Å². The first-order valence-electron chi connectivity index (χ1n) is 8.17. The molecule has 0 aliphatic rings. The molecule has 3 aromatic carbocycles. The van der Waals surface area contributed by atoms with Crippen LogP contribution in [0.2, 0.25) is 10.0 Å². The average Bonchev–Trinajstić information content (AvgIpc) is 2.67. The van der Waals surface area contributed by atoms with E-state index in [9.17, 15) is 0 Å². The molecule has 0 spiro atoms. The van der Waals surface area contributed by atoms with Gasteiger partial charge in [-0.1, -0.05) is 65.7 Å². The van der Waals surface area contributed by atoms with Crippen molar-refractivity contribution in [2.45, 2.75) is 13.2 Å². The van der Waals surface area contributed by atoms with Crippen LogP contribution in [-0.4, -0.2) is 6.21 Å². The molecule has 0 aliphatic heterocycles. The molecule has 0 amide bonds. The molecule has 0 saturated heterocycles. The first-order valence-corrected chi connectivity index (χ1v) is 8.93. The lowest BCUT2D eigenvalue weighted by Crippen LogP contribution is -2.06. The quantitative estimate of drug-likeness (QED) is 0.418. The molecule has 132 valence electrons. The summed E-state index contributed by atoms with van der Waals surface area (Å²) < 4.78 is 5.91. The van der Waals surface area contributed by atoms with Gasteiger partial charge in [-0.05, 0) is 41.5 Å². The molecular formula is C21H18Cl2N2O. The van der Waals surface area contributed by atoms with Gasteiger partial charge in [0.05, 0.1) is 12.8 Å². The van der Waals surface area contributed by atoms with Gasteiger partial charge in [0, 0.05) is 15.6 Å². The SMILES string of the molecule is Clc1ccc(CN/N=C\c2cc(Cl)ccc2OCc2ccccc2)cc1. The highest BCUT2D eigenvalue weighted by Crippen LogP contribution is 2.22. The van der Waals surface area contributed by atoms with Crippen molar-refractivity contribution in [2.24, 2.45) is 5.10 Å². The number of hydrogen-bond donors (Lipinski definition) is 1. The van der Waals surface area contributed by atoms with E-state index in [0.717, 1.165) is 27.5 Å². The standard InChI is InChI=1S/C21H18Cl2N2O/c22-19-8-6-16(7-9-19)13-24-25-14-18-12-20(23)10-11-21(18)26-15-17-4-2-1-3-5-17/h1-12,14,24H,13,15H2/b25-14-. The van der Waals surface area contributed by atoms with Gasteiger partial charge in [0.25, 0.3) is 0 Å². The second-order valence-corrected chi connectivity index (χ2v) is 6.55. The Bertz CT molecular complexity index is 865. The Hall–Kier alpha value is -2.49. The van der Waals surface area contributed by atoms with Gasteiger partial charge in [0.1, 0.15) is 12.4 Å². The van der Waals surface area contributed by atoms with Crippen molar-refractivity contribution in [2.75, 3.05) is 0 Å². The molecule has 0 bridgehead atoms. The molecule has 1 N–H and O–H groups in total. The van der Waals surface area contributed by atoms with Crippen LogP contribution in [0.4, 0.5) is 0 Å². The summed E-state index contributed by atoms with van der Waals surface area (Å²) in [6.07, 6.45) is 1.71. The Kier molecular flexibility index (Phi) is 6.53. The third-order valence-electron chi connectivity index (χ3n) is 3.70. The predicted molar refractivity (Wildman–Crippen MR) is 108 cm³/mol. The van der Waals surface area contributed by atoms with E-state index in [1.165, 1.54) is 0 Å². The summed E-state index contributed by atoms with van der Waals surface area (Å²) in [4.78, 5) is 0. The number of hydrazone groups is 1. The fourth-order valence-electron chi connectivity index (χ4n) is 2.34. The summed E-state index contributed by atoms with van der Waals surface area (Å²) in [7, 11) is 0. The maximum atomic E-state index is 6.11. The van der Waals surface area contributed by atoms with Gasteiger partial charge in [-0.3, -0.25) is 0 Å². The zero-order valence-corrected chi connectivity index (χ0v) is 15.5. The van der Waals surface area contributed by atoms with Crippen molar-refractivity contribution in [3.63, 3.8) is 0 Å². The second-order valence-electron chi connectivity index (χ2n) is 5.68. The molecule has 3 nitrogen and oxygen atoms in total. The normalized spacial score (nSPS) is 10.8. The number of benzene rings is 3. The van der Waals surface area contributed by atoms with Gasteiger partial charge in [0.2, 0.25) is 0 Å². The van der Waals surface area contributed by atoms with Gasteiger partial charge in [-0.15, -0.1) is 0 Å². The minimum absolute atomic E-state index is 0.488. The summed E-state index contributed by atoms with van der Waals surface area (Å²) >= 11 is 12.0. The van der Waals surface area contributed by atoms with E-state index in [1.807, 2.05) is 66.7 Å². The molecule has 5 heteroatoms. The van der Waals surface area contributed by atoms with Crippen LogP contribution in [0.25, 0.3) is 0 Å². The van der Waals surface area contributed by atoms with Crippen molar-refractivity contribution in [1.82, 2.24) is 5.43 Å². The molecule has 0 radical (unpaired) electrons. The maximum absolute atomic E-state index is 6.11. The first-order chi connectivity index (χ1) is 12.7. The fourth-order valence-corrected chi connectivity index (χ4v) is 2.65. The number of ether oxygens (including phenoxy) is 1. The van der Waals surface area contributed by atoms with Crippen LogP contribution in [0, 0.1) is 0 Å². The first kappa shape index (κ1) is 18.3. The summed E-state index contributed by atoms with van der Waals surface area (Å²) in [6, 6.07) is 23.1. The minimum atomic E-state index is 0.488. The van der Waals surface area contributed by atoms with Crippen molar-refractivity contribution < 1.29 is 4.74 Å². The zero-order valence-electron chi connectivity index (χ0n) is 14.0. The Labute approximate surface area is 163 Å². The highest BCUT2D eigenvalue weighted by molar-refractivity contribution is 6.31. The van der Waals surface area contributed by atoms with Crippen LogP contribution < -0.4 is 10.2 Å². The Morgan fingerprint density at radius 1 is 0.846 bits per heavy atom. The number of rotatable bonds is 7. The van der Waals surface area contributed by atoms with E-state index < -0.39 is 0 Å². The Balaban J connectivity index is 1.62. The van der Waals surface area contributed by atoms with Gasteiger partial charge in [-0.25, -0.2) is 0 Å². The predicted octanol–water partition coefficient (Wildman–Crippen LogP) is 5.70. The maximum Gasteiger partial charge on any atom is 0.128 e. The molecule has 0 heterocycles.